The van der Waals surface area contributed by atoms with Crippen LogP contribution >= 0.6 is 0 Å². The van der Waals surface area contributed by atoms with Crippen LogP contribution in [0.3, 0.4) is 0 Å². The lowest BCUT2D eigenvalue weighted by Crippen LogP contribution is -2.77. The summed E-state index contributed by atoms with van der Waals surface area (Å²) in [4.78, 5) is 10.2. The van der Waals surface area contributed by atoms with E-state index in [2.05, 4.69) is 24.3 Å². The van der Waals surface area contributed by atoms with Crippen molar-refractivity contribution >= 4 is 62.7 Å². The molecule has 0 aromatic heterocycles. The second-order valence-corrected chi connectivity index (χ2v) is 28.9. The molecule has 0 spiro atoms. The zero-order chi connectivity index (χ0) is 27.5. The molecule has 0 amide bonds. The molecule has 0 bridgehead atoms. The Labute approximate surface area is 229 Å². The molecule has 1 saturated heterocycles. The predicted octanol–water partition coefficient (Wildman–Crippen LogP) is 3.48. The third-order valence-corrected chi connectivity index (χ3v) is 24.9. The highest BCUT2D eigenvalue weighted by Crippen LogP contribution is 2.34. The van der Waals surface area contributed by atoms with Crippen molar-refractivity contribution in [3.05, 3.63) is 60.7 Å². The fraction of sp³-hybridized carbons (Fsp3) is 0.478. The third kappa shape index (κ3) is 8.45. The van der Waals surface area contributed by atoms with Crippen LogP contribution in [-0.2, 0) is 29.4 Å². The van der Waals surface area contributed by atoms with Gasteiger partial charge in [0.1, 0.15) is 0 Å². The van der Waals surface area contributed by atoms with Crippen LogP contribution in [0, 0.1) is 0 Å². The normalized spacial score (nSPS) is 21.0. The molecule has 37 heavy (non-hydrogen) atoms. The van der Waals surface area contributed by atoms with Gasteiger partial charge in [-0.2, -0.15) is 0 Å². The van der Waals surface area contributed by atoms with Crippen molar-refractivity contribution in [2.24, 2.45) is 0 Å². The lowest BCUT2D eigenvalue weighted by Gasteiger charge is -2.49. The fourth-order valence-electron chi connectivity index (χ4n) is 4.31. The van der Waals surface area contributed by atoms with Gasteiger partial charge in [0.05, 0.1) is 6.23 Å². The molecule has 1 radical (unpaired) electrons. The van der Waals surface area contributed by atoms with Crippen molar-refractivity contribution < 1.29 is 34.2 Å². The van der Waals surface area contributed by atoms with Crippen LogP contribution in [0.1, 0.15) is 13.8 Å². The van der Waals surface area contributed by atoms with Crippen LogP contribution in [0.15, 0.2) is 60.7 Å². The molecule has 205 valence electrons. The molecule has 2 aromatic rings. The van der Waals surface area contributed by atoms with Crippen molar-refractivity contribution in [3.63, 3.8) is 0 Å². The first-order chi connectivity index (χ1) is 17.1. The van der Waals surface area contributed by atoms with Gasteiger partial charge in [0.2, 0.25) is 9.04 Å². The summed E-state index contributed by atoms with van der Waals surface area (Å²) in [5.74, 6) is 0. The quantitative estimate of drug-likeness (QED) is 0.431. The molecular weight excluding hydrogens is 573 g/mol. The summed E-state index contributed by atoms with van der Waals surface area (Å²) >= 11 is 0. The molecule has 0 saturated carbocycles. The molecule has 1 aliphatic rings. The molecule has 1 aliphatic heterocycles. The second kappa shape index (κ2) is 11.9. The molecule has 1 heterocycles. The highest BCUT2D eigenvalue weighted by Gasteiger charge is 2.64. The van der Waals surface area contributed by atoms with E-state index in [1.807, 2.05) is 89.5 Å². The predicted molar refractivity (Wildman–Crippen MR) is 158 cm³/mol. The molecule has 0 unspecified atom stereocenters. The molecule has 1 fully saturated rings. The number of hydrogen-bond donors (Lipinski definition) is 1. The molecule has 1 N–H and O–H groups in total. The Balaban J connectivity index is 2.14. The molecule has 14 heteroatoms. The van der Waals surface area contributed by atoms with Gasteiger partial charge in [0.25, 0.3) is 0 Å². The largest absolute Gasteiger partial charge is 0.652 e. The maximum Gasteiger partial charge on any atom is 0.652 e. The van der Waals surface area contributed by atoms with Crippen molar-refractivity contribution in [2.45, 2.75) is 65.8 Å². The Morgan fingerprint density at radius 1 is 0.811 bits per heavy atom. The van der Waals surface area contributed by atoms with Crippen LogP contribution in [0.25, 0.3) is 0 Å². The zero-order valence-electron chi connectivity index (χ0n) is 23.4. The van der Waals surface area contributed by atoms with Gasteiger partial charge >= 0.3 is 43.3 Å². The highest BCUT2D eigenvalue weighted by molar-refractivity contribution is 7.03. The van der Waals surface area contributed by atoms with E-state index in [1.165, 1.54) is 0 Å². The number of benzene rings is 2. The molecule has 0 aliphatic carbocycles. The van der Waals surface area contributed by atoms with Crippen LogP contribution in [0.5, 0.6) is 0 Å². The van der Waals surface area contributed by atoms with Crippen molar-refractivity contribution in [3.8, 4) is 0 Å². The molecule has 2 aromatic carbocycles. The highest BCUT2D eigenvalue weighted by atomic mass is 28.6. The zero-order valence-corrected chi connectivity index (χ0v) is 29.4. The fourth-order valence-corrected chi connectivity index (χ4v) is 27.4. The Kier molecular flexibility index (Phi) is 9.94. The smallest absolute Gasteiger partial charge is 0.429 e. The van der Waals surface area contributed by atoms with Gasteiger partial charge in [-0.25, -0.2) is 0 Å². The van der Waals surface area contributed by atoms with Crippen molar-refractivity contribution in [1.29, 1.82) is 0 Å². The summed E-state index contributed by atoms with van der Waals surface area (Å²) in [7, 11) is -17.7. The van der Waals surface area contributed by atoms with Crippen LogP contribution in [-0.4, -0.2) is 69.5 Å². The van der Waals surface area contributed by atoms with Gasteiger partial charge < -0.3 is 34.2 Å². The van der Waals surface area contributed by atoms with Crippen LogP contribution in [0.4, 0.5) is 0 Å². The van der Waals surface area contributed by atoms with Crippen LogP contribution < -0.4 is 10.4 Å². The Morgan fingerprint density at radius 2 is 1.24 bits per heavy atom. The first kappa shape index (κ1) is 31.0. The van der Waals surface area contributed by atoms with Gasteiger partial charge in [-0.3, -0.25) is 0 Å². The minimum atomic E-state index is -3.87. The SMILES string of the molecule is CC(C)O[Si](C)(C)O[Si]1(OC[Si](C)O)O[Si](C)(C)O[Si](c2ccccc2)(c2ccccc2)O[Si](C)(C)O1. The van der Waals surface area contributed by atoms with E-state index in [0.29, 0.717) is 0 Å². The first-order valence-electron chi connectivity index (χ1n) is 12.5. The summed E-state index contributed by atoms with van der Waals surface area (Å²) in [6.45, 7) is 17.5. The van der Waals surface area contributed by atoms with Gasteiger partial charge in [-0.05, 0) is 70.1 Å². The van der Waals surface area contributed by atoms with E-state index in [9.17, 15) is 4.80 Å². The van der Waals surface area contributed by atoms with E-state index < -0.39 is 52.3 Å². The molecule has 3 rings (SSSR count). The average Bonchev–Trinajstić information content (AvgIpc) is 2.75. The standard InChI is InChI=1S/C23H41O8Si6/c1-21(2)26-33(4,5)29-37(25-20-32(3)24)30-34(6,7)27-36(28-35(8,9)31-37,22-16-12-10-13-17-22)23-18-14-11-15-19-23/h10-19,21,24H,20H2,1-9H3. The summed E-state index contributed by atoms with van der Waals surface area (Å²) in [5, 5.41) is 1.97. The minimum Gasteiger partial charge on any atom is -0.429 e. The van der Waals surface area contributed by atoms with Crippen LogP contribution in [0.2, 0.25) is 45.8 Å². The topological polar surface area (TPSA) is 84.8 Å². The number of hydrogen-bond acceptors (Lipinski definition) is 8. The number of rotatable bonds is 9. The molecule has 0 atom stereocenters. The maximum absolute atomic E-state index is 10.2. The lowest BCUT2D eigenvalue weighted by atomic mass is 10.4. The summed E-state index contributed by atoms with van der Waals surface area (Å²) in [6.07, 6.45) is 0.0574. The van der Waals surface area contributed by atoms with Crippen molar-refractivity contribution in [1.82, 2.24) is 0 Å². The second-order valence-electron chi connectivity index (χ2n) is 10.7. The lowest BCUT2D eigenvalue weighted by molar-refractivity contribution is 0.0511. The van der Waals surface area contributed by atoms with Gasteiger partial charge in [0.15, 0.2) is 0 Å². The molecule has 8 nitrogen and oxygen atoms in total. The summed E-state index contributed by atoms with van der Waals surface area (Å²) < 4.78 is 46.9. The summed E-state index contributed by atoms with van der Waals surface area (Å²) in [5.41, 5.74) is 0. The van der Waals surface area contributed by atoms with E-state index in [0.717, 1.165) is 10.4 Å². The van der Waals surface area contributed by atoms with Gasteiger partial charge in [-0.15, -0.1) is 0 Å². The van der Waals surface area contributed by atoms with Gasteiger partial charge in [-0.1, -0.05) is 60.7 Å². The van der Waals surface area contributed by atoms with E-state index in [1.54, 1.807) is 6.55 Å². The molecular formula is C23H41O8Si6. The minimum absolute atomic E-state index is 0.0378. The van der Waals surface area contributed by atoms with Gasteiger partial charge in [0, 0.05) is 6.10 Å². The van der Waals surface area contributed by atoms with E-state index in [-0.39, 0.29) is 12.3 Å². The monoisotopic (exact) mass is 613 g/mol. The van der Waals surface area contributed by atoms with E-state index >= 15 is 0 Å². The Bertz CT molecular complexity index is 945. The third-order valence-electron chi connectivity index (χ3n) is 5.18. The Morgan fingerprint density at radius 3 is 1.62 bits per heavy atom. The van der Waals surface area contributed by atoms with Crippen molar-refractivity contribution in [2.75, 3.05) is 6.23 Å². The summed E-state index contributed by atoms with van der Waals surface area (Å²) in [6, 6.07) is 20.2. The maximum atomic E-state index is 10.2. The average molecular weight is 614 g/mol. The first-order valence-corrected chi connectivity index (χ1v) is 26.6. The van der Waals surface area contributed by atoms with E-state index in [4.69, 9.17) is 29.4 Å². The Hall–Kier alpha value is -0.579.